The molecule has 0 bridgehead atoms. The number of nitrogens with zero attached hydrogens (tertiary/aromatic N) is 2. The zero-order chi connectivity index (χ0) is 19.9. The first kappa shape index (κ1) is 19.7. The van der Waals surface area contributed by atoms with Crippen molar-refractivity contribution in [3.05, 3.63) is 59.7 Å². The minimum absolute atomic E-state index is 0.0328. The molecule has 3 rings (SSSR count). The summed E-state index contributed by atoms with van der Waals surface area (Å²) in [4.78, 5) is 14.6. The molecule has 0 aromatic heterocycles. The Morgan fingerprint density at radius 1 is 1.07 bits per heavy atom. The lowest BCUT2D eigenvalue weighted by molar-refractivity contribution is -0.164. The lowest BCUT2D eigenvalue weighted by Crippen LogP contribution is -2.61. The van der Waals surface area contributed by atoms with Crippen molar-refractivity contribution >= 4 is 5.91 Å². The van der Waals surface area contributed by atoms with E-state index in [1.54, 1.807) is 38.5 Å². The van der Waals surface area contributed by atoms with Crippen molar-refractivity contribution in [2.45, 2.75) is 25.0 Å². The molecule has 2 aromatic carbocycles. The number of nitriles is 1. The summed E-state index contributed by atoms with van der Waals surface area (Å²) in [6.45, 7) is 1.33. The third kappa shape index (κ3) is 4.26. The number of unbranched alkanes of at least 4 members (excludes halogenated alkanes) is 1. The fourth-order valence-corrected chi connectivity index (χ4v) is 3.34. The maximum absolute atomic E-state index is 12.8. The molecule has 1 amide bonds. The summed E-state index contributed by atoms with van der Waals surface area (Å²) in [6, 6.07) is 16.4. The van der Waals surface area contributed by atoms with Gasteiger partial charge in [0.05, 0.1) is 18.7 Å². The van der Waals surface area contributed by atoms with Crippen molar-refractivity contribution in [2.75, 3.05) is 27.4 Å². The van der Waals surface area contributed by atoms with E-state index >= 15 is 0 Å². The van der Waals surface area contributed by atoms with E-state index in [2.05, 4.69) is 6.07 Å². The van der Waals surface area contributed by atoms with Crippen LogP contribution in [0.5, 0.6) is 11.5 Å². The van der Waals surface area contributed by atoms with Crippen molar-refractivity contribution in [3.63, 3.8) is 0 Å². The van der Waals surface area contributed by atoms with Gasteiger partial charge in [-0.05, 0) is 54.8 Å². The third-order valence-electron chi connectivity index (χ3n) is 4.83. The topological polar surface area (TPSA) is 71.8 Å². The number of ether oxygens (including phenoxy) is 3. The Kier molecular flexibility index (Phi) is 6.51. The Bertz CT molecular complexity index is 844. The van der Waals surface area contributed by atoms with Crippen LogP contribution in [0.2, 0.25) is 0 Å². The lowest BCUT2D eigenvalue weighted by atomic mass is 9.90. The molecule has 0 N–H and O–H groups in total. The van der Waals surface area contributed by atoms with Crippen molar-refractivity contribution in [1.29, 1.82) is 5.26 Å². The molecule has 2 atom stereocenters. The van der Waals surface area contributed by atoms with Crippen LogP contribution in [-0.4, -0.2) is 44.3 Å². The maximum atomic E-state index is 12.8. The zero-order valence-corrected chi connectivity index (χ0v) is 16.1. The van der Waals surface area contributed by atoms with Gasteiger partial charge in [0, 0.05) is 20.3 Å². The Morgan fingerprint density at radius 3 is 2.54 bits per heavy atom. The number of amides is 1. The first-order valence-electron chi connectivity index (χ1n) is 9.28. The van der Waals surface area contributed by atoms with E-state index in [1.807, 2.05) is 29.2 Å². The van der Waals surface area contributed by atoms with E-state index in [9.17, 15) is 4.79 Å². The highest BCUT2D eigenvalue weighted by Crippen LogP contribution is 2.39. The molecular formula is C22H24N2O4. The Hall–Kier alpha value is -3.04. The van der Waals surface area contributed by atoms with Crippen LogP contribution in [0.15, 0.2) is 48.5 Å². The molecule has 28 heavy (non-hydrogen) atoms. The molecule has 6 heteroatoms. The van der Waals surface area contributed by atoms with Crippen LogP contribution in [0, 0.1) is 11.3 Å². The Labute approximate surface area is 165 Å². The quantitative estimate of drug-likeness (QED) is 0.493. The predicted octanol–water partition coefficient (Wildman–Crippen LogP) is 3.32. The number of carbonyl (C=O) groups excluding carboxylic acids is 1. The summed E-state index contributed by atoms with van der Waals surface area (Å²) in [5, 5.41) is 8.93. The van der Waals surface area contributed by atoms with Gasteiger partial charge in [-0.1, -0.05) is 12.1 Å². The molecule has 2 aromatic rings. The molecule has 1 saturated heterocycles. The number of likely N-dealkylation sites (tertiary alicyclic amines) is 1. The number of carbonyl (C=O) groups is 1. The van der Waals surface area contributed by atoms with Crippen molar-refractivity contribution < 1.29 is 19.0 Å². The van der Waals surface area contributed by atoms with Crippen LogP contribution in [0.25, 0.3) is 0 Å². The minimum atomic E-state index is -0.595. The van der Waals surface area contributed by atoms with Gasteiger partial charge in [-0.25, -0.2) is 0 Å². The molecule has 1 heterocycles. The summed E-state index contributed by atoms with van der Waals surface area (Å²) in [7, 11) is 3.30. The predicted molar refractivity (Wildman–Crippen MR) is 104 cm³/mol. The number of β-lactam (4-membered cyclic amide) rings is 1. The number of hydrogen-bond donors (Lipinski definition) is 0. The molecule has 0 radical (unpaired) electrons. The highest BCUT2D eigenvalue weighted by atomic mass is 16.5. The molecule has 0 saturated carbocycles. The van der Waals surface area contributed by atoms with Gasteiger partial charge < -0.3 is 19.1 Å². The maximum Gasteiger partial charge on any atom is 0.266 e. The molecule has 1 aliphatic rings. The van der Waals surface area contributed by atoms with E-state index < -0.39 is 6.10 Å². The number of hydrogen-bond acceptors (Lipinski definition) is 5. The average molecular weight is 380 g/mol. The van der Waals surface area contributed by atoms with Crippen LogP contribution < -0.4 is 9.47 Å². The average Bonchev–Trinajstić information content (AvgIpc) is 2.74. The standard InChI is InChI=1S/C22H24N2O4/c1-26-13-4-3-12-24-20(17-6-5-7-19(14-17)27-2)21(22(24)25)28-18-10-8-16(15-23)9-11-18/h5-11,14,20-21H,3-4,12-13H2,1-2H3/t20-,21+/m1/s1. The second-order valence-electron chi connectivity index (χ2n) is 6.63. The Morgan fingerprint density at radius 2 is 1.86 bits per heavy atom. The van der Waals surface area contributed by atoms with E-state index in [0.717, 1.165) is 24.2 Å². The second kappa shape index (κ2) is 9.25. The number of rotatable bonds is 9. The van der Waals surface area contributed by atoms with Gasteiger partial charge in [0.25, 0.3) is 5.91 Å². The monoisotopic (exact) mass is 380 g/mol. The molecule has 0 unspecified atom stereocenters. The first-order valence-corrected chi connectivity index (χ1v) is 9.28. The van der Waals surface area contributed by atoms with Gasteiger partial charge in [0.15, 0.2) is 0 Å². The van der Waals surface area contributed by atoms with Gasteiger partial charge >= 0.3 is 0 Å². The number of benzene rings is 2. The van der Waals surface area contributed by atoms with Crippen LogP contribution in [0.4, 0.5) is 0 Å². The summed E-state index contributed by atoms with van der Waals surface area (Å²) in [5.41, 5.74) is 1.53. The summed E-state index contributed by atoms with van der Waals surface area (Å²) >= 11 is 0. The summed E-state index contributed by atoms with van der Waals surface area (Å²) in [6.07, 6.45) is 1.16. The van der Waals surface area contributed by atoms with Crippen LogP contribution in [0.1, 0.15) is 30.0 Å². The van der Waals surface area contributed by atoms with E-state index in [4.69, 9.17) is 19.5 Å². The van der Waals surface area contributed by atoms with Gasteiger partial charge in [0.1, 0.15) is 17.5 Å². The fraction of sp³-hybridized carbons (Fsp3) is 0.364. The minimum Gasteiger partial charge on any atom is -0.497 e. The highest BCUT2D eigenvalue weighted by Gasteiger charge is 2.49. The largest absolute Gasteiger partial charge is 0.497 e. The molecule has 146 valence electrons. The van der Waals surface area contributed by atoms with Crippen LogP contribution in [0.3, 0.4) is 0 Å². The molecule has 6 nitrogen and oxygen atoms in total. The first-order chi connectivity index (χ1) is 13.7. The normalized spacial score (nSPS) is 18.3. The van der Waals surface area contributed by atoms with Gasteiger partial charge in [0.2, 0.25) is 6.10 Å². The zero-order valence-electron chi connectivity index (χ0n) is 16.1. The smallest absolute Gasteiger partial charge is 0.266 e. The highest BCUT2D eigenvalue weighted by molar-refractivity contribution is 5.89. The summed E-state index contributed by atoms with van der Waals surface area (Å²) < 4.78 is 16.4. The van der Waals surface area contributed by atoms with Gasteiger partial charge in [-0.3, -0.25) is 4.79 Å². The third-order valence-corrected chi connectivity index (χ3v) is 4.83. The van der Waals surface area contributed by atoms with E-state index in [0.29, 0.717) is 24.5 Å². The van der Waals surface area contributed by atoms with E-state index in [1.165, 1.54) is 0 Å². The molecular weight excluding hydrogens is 356 g/mol. The molecule has 1 aliphatic heterocycles. The van der Waals surface area contributed by atoms with Gasteiger partial charge in [-0.15, -0.1) is 0 Å². The summed E-state index contributed by atoms with van der Waals surface area (Å²) in [5.74, 6) is 1.28. The lowest BCUT2D eigenvalue weighted by Gasteiger charge is -2.47. The van der Waals surface area contributed by atoms with Crippen molar-refractivity contribution in [2.24, 2.45) is 0 Å². The van der Waals surface area contributed by atoms with Gasteiger partial charge in [-0.2, -0.15) is 5.26 Å². The fourth-order valence-electron chi connectivity index (χ4n) is 3.34. The van der Waals surface area contributed by atoms with Crippen LogP contribution >= 0.6 is 0 Å². The molecule has 1 fully saturated rings. The van der Waals surface area contributed by atoms with Crippen LogP contribution in [-0.2, 0) is 9.53 Å². The molecule has 0 spiro atoms. The Balaban J connectivity index is 1.78. The van der Waals surface area contributed by atoms with E-state index in [-0.39, 0.29) is 11.9 Å². The molecule has 0 aliphatic carbocycles. The second-order valence-corrected chi connectivity index (χ2v) is 6.63. The SMILES string of the molecule is COCCCCN1C(=O)[C@@H](Oc2ccc(C#N)cc2)[C@H]1c1cccc(OC)c1. The van der Waals surface area contributed by atoms with Crippen molar-refractivity contribution in [1.82, 2.24) is 4.90 Å². The number of methoxy groups -OCH3 is 2. The van der Waals surface area contributed by atoms with Crippen molar-refractivity contribution in [3.8, 4) is 17.6 Å².